The molecule has 2 nitrogen and oxygen atoms in total. The molecule has 0 aliphatic rings. The fourth-order valence-electron chi connectivity index (χ4n) is 1.18. The number of hydrogen-bond acceptors (Lipinski definition) is 2. The van der Waals surface area contributed by atoms with Crippen LogP contribution in [0.3, 0.4) is 0 Å². The van der Waals surface area contributed by atoms with Crippen molar-refractivity contribution in [3.8, 4) is 0 Å². The minimum absolute atomic E-state index is 0.240. The monoisotopic (exact) mass is 197 g/mol. The number of anilines is 1. The Morgan fingerprint density at radius 3 is 2.79 bits per heavy atom. The highest BCUT2D eigenvalue weighted by atomic mass is 19.1. The third-order valence-electron chi connectivity index (χ3n) is 2.00. The van der Waals surface area contributed by atoms with Crippen LogP contribution in [0.1, 0.15) is 18.9 Å². The molecule has 0 radical (unpaired) electrons. The predicted octanol–water partition coefficient (Wildman–Crippen LogP) is 2.32. The van der Waals surface area contributed by atoms with E-state index >= 15 is 0 Å². The van der Waals surface area contributed by atoms with E-state index in [1.165, 1.54) is 6.07 Å². The lowest BCUT2D eigenvalue weighted by Crippen LogP contribution is -2.10. The molecular formula is C11H16FNO. The summed E-state index contributed by atoms with van der Waals surface area (Å²) in [6.45, 7) is 4.15. The van der Waals surface area contributed by atoms with E-state index in [0.717, 1.165) is 5.56 Å². The number of benzene rings is 1. The summed E-state index contributed by atoms with van der Waals surface area (Å²) in [4.78, 5) is 0. The lowest BCUT2D eigenvalue weighted by Gasteiger charge is -2.09. The third-order valence-corrected chi connectivity index (χ3v) is 2.00. The van der Waals surface area contributed by atoms with E-state index in [0.29, 0.717) is 18.7 Å². The Kier molecular flexibility index (Phi) is 3.89. The molecule has 0 aliphatic heterocycles. The summed E-state index contributed by atoms with van der Waals surface area (Å²) in [7, 11) is 0. The third kappa shape index (κ3) is 3.34. The molecule has 0 saturated heterocycles. The second kappa shape index (κ2) is 4.96. The molecule has 2 N–H and O–H groups in total. The average Bonchev–Trinajstić information content (AvgIpc) is 2.08. The molecule has 0 bridgehead atoms. The standard InChI is InChI=1S/C11H16FNO/c1-8-3-4-11(10(12)7-8)13-6-5-9(2)14/h3-4,7,9,13-14H,5-6H2,1-2H3. The van der Waals surface area contributed by atoms with Crippen LogP contribution in [0.15, 0.2) is 18.2 Å². The number of aliphatic hydroxyl groups excluding tert-OH is 1. The molecular weight excluding hydrogens is 181 g/mol. The molecule has 1 aromatic rings. The van der Waals surface area contributed by atoms with Crippen molar-refractivity contribution in [3.63, 3.8) is 0 Å². The van der Waals surface area contributed by atoms with E-state index in [1.807, 2.05) is 13.0 Å². The van der Waals surface area contributed by atoms with Crippen molar-refractivity contribution < 1.29 is 9.50 Å². The van der Waals surface area contributed by atoms with Crippen LogP contribution in [0.2, 0.25) is 0 Å². The molecule has 1 atom stereocenters. The molecule has 0 fully saturated rings. The number of rotatable bonds is 4. The van der Waals surface area contributed by atoms with Gasteiger partial charge in [0.25, 0.3) is 0 Å². The number of hydrogen-bond donors (Lipinski definition) is 2. The molecule has 1 unspecified atom stereocenters. The fourth-order valence-corrected chi connectivity index (χ4v) is 1.18. The van der Waals surface area contributed by atoms with E-state index in [2.05, 4.69) is 5.32 Å². The van der Waals surface area contributed by atoms with Gasteiger partial charge in [-0.15, -0.1) is 0 Å². The summed E-state index contributed by atoms with van der Waals surface area (Å²) >= 11 is 0. The van der Waals surface area contributed by atoms with Crippen LogP contribution in [0, 0.1) is 12.7 Å². The van der Waals surface area contributed by atoms with Gasteiger partial charge in [-0.3, -0.25) is 0 Å². The maximum absolute atomic E-state index is 13.2. The Balaban J connectivity index is 2.51. The van der Waals surface area contributed by atoms with Crippen molar-refractivity contribution in [1.82, 2.24) is 0 Å². The van der Waals surface area contributed by atoms with Crippen LogP contribution < -0.4 is 5.32 Å². The van der Waals surface area contributed by atoms with Crippen molar-refractivity contribution in [1.29, 1.82) is 0 Å². The Labute approximate surface area is 83.8 Å². The fraction of sp³-hybridized carbons (Fsp3) is 0.455. The first kappa shape index (κ1) is 11.0. The van der Waals surface area contributed by atoms with Gasteiger partial charge in [-0.2, -0.15) is 0 Å². The predicted molar refractivity (Wildman–Crippen MR) is 55.9 cm³/mol. The van der Waals surface area contributed by atoms with E-state index < -0.39 is 0 Å². The second-order valence-electron chi connectivity index (χ2n) is 3.55. The van der Waals surface area contributed by atoms with E-state index in [4.69, 9.17) is 5.11 Å². The summed E-state index contributed by atoms with van der Waals surface area (Å²) in [6.07, 6.45) is 0.267. The molecule has 0 aromatic heterocycles. The molecule has 78 valence electrons. The first-order valence-electron chi connectivity index (χ1n) is 4.77. The van der Waals surface area contributed by atoms with Gasteiger partial charge < -0.3 is 10.4 Å². The van der Waals surface area contributed by atoms with Gasteiger partial charge in [-0.1, -0.05) is 6.07 Å². The van der Waals surface area contributed by atoms with Crippen LogP contribution >= 0.6 is 0 Å². The quantitative estimate of drug-likeness (QED) is 0.776. The van der Waals surface area contributed by atoms with Gasteiger partial charge in [-0.25, -0.2) is 4.39 Å². The highest BCUT2D eigenvalue weighted by Gasteiger charge is 2.01. The highest BCUT2D eigenvalue weighted by Crippen LogP contribution is 2.14. The molecule has 0 spiro atoms. The lowest BCUT2D eigenvalue weighted by molar-refractivity contribution is 0.188. The molecule has 1 rings (SSSR count). The van der Waals surface area contributed by atoms with Gasteiger partial charge in [-0.05, 0) is 38.0 Å². The summed E-state index contributed by atoms with van der Waals surface area (Å²) in [6, 6.07) is 5.06. The summed E-state index contributed by atoms with van der Waals surface area (Å²) in [5.74, 6) is -0.240. The van der Waals surface area contributed by atoms with Gasteiger partial charge in [0.1, 0.15) is 5.82 Å². The molecule has 0 amide bonds. The zero-order chi connectivity index (χ0) is 10.6. The molecule has 0 aliphatic carbocycles. The highest BCUT2D eigenvalue weighted by molar-refractivity contribution is 5.45. The van der Waals surface area contributed by atoms with Crippen LogP contribution in [0.4, 0.5) is 10.1 Å². The zero-order valence-corrected chi connectivity index (χ0v) is 8.55. The first-order chi connectivity index (χ1) is 6.59. The van der Waals surface area contributed by atoms with Crippen LogP contribution in [-0.4, -0.2) is 17.8 Å². The molecule has 3 heteroatoms. The number of nitrogens with one attached hydrogen (secondary N) is 1. The molecule has 14 heavy (non-hydrogen) atoms. The number of aliphatic hydroxyl groups is 1. The minimum Gasteiger partial charge on any atom is -0.393 e. The topological polar surface area (TPSA) is 32.3 Å². The van der Waals surface area contributed by atoms with E-state index in [9.17, 15) is 4.39 Å². The van der Waals surface area contributed by atoms with Gasteiger partial charge in [0, 0.05) is 6.54 Å². The van der Waals surface area contributed by atoms with Gasteiger partial charge >= 0.3 is 0 Å². The normalized spacial score (nSPS) is 12.6. The van der Waals surface area contributed by atoms with Crippen molar-refractivity contribution >= 4 is 5.69 Å². The molecule has 0 saturated carbocycles. The Morgan fingerprint density at radius 1 is 1.50 bits per heavy atom. The van der Waals surface area contributed by atoms with Crippen molar-refractivity contribution in [2.75, 3.05) is 11.9 Å². The van der Waals surface area contributed by atoms with E-state index in [-0.39, 0.29) is 11.9 Å². The lowest BCUT2D eigenvalue weighted by atomic mass is 10.2. The van der Waals surface area contributed by atoms with Gasteiger partial charge in [0.15, 0.2) is 0 Å². The minimum atomic E-state index is -0.351. The van der Waals surface area contributed by atoms with E-state index in [1.54, 1.807) is 13.0 Å². The van der Waals surface area contributed by atoms with Crippen LogP contribution in [0.25, 0.3) is 0 Å². The van der Waals surface area contributed by atoms with Gasteiger partial charge in [0.2, 0.25) is 0 Å². The smallest absolute Gasteiger partial charge is 0.146 e. The Bertz CT molecular complexity index is 299. The maximum atomic E-state index is 13.2. The molecule has 1 aromatic carbocycles. The van der Waals surface area contributed by atoms with Gasteiger partial charge in [0.05, 0.1) is 11.8 Å². The second-order valence-corrected chi connectivity index (χ2v) is 3.55. The summed E-state index contributed by atoms with van der Waals surface area (Å²) in [5.41, 5.74) is 1.40. The van der Waals surface area contributed by atoms with Crippen LogP contribution in [0.5, 0.6) is 0 Å². The largest absolute Gasteiger partial charge is 0.393 e. The Hall–Kier alpha value is -1.09. The van der Waals surface area contributed by atoms with Crippen LogP contribution in [-0.2, 0) is 0 Å². The number of halogens is 1. The Morgan fingerprint density at radius 2 is 2.21 bits per heavy atom. The maximum Gasteiger partial charge on any atom is 0.146 e. The average molecular weight is 197 g/mol. The summed E-state index contributed by atoms with van der Waals surface area (Å²) in [5, 5.41) is 11.9. The summed E-state index contributed by atoms with van der Waals surface area (Å²) < 4.78 is 13.2. The zero-order valence-electron chi connectivity index (χ0n) is 8.55. The van der Waals surface area contributed by atoms with Crippen molar-refractivity contribution in [2.24, 2.45) is 0 Å². The number of aryl methyl sites for hydroxylation is 1. The molecule has 0 heterocycles. The first-order valence-corrected chi connectivity index (χ1v) is 4.77. The SMILES string of the molecule is Cc1ccc(NCCC(C)O)c(F)c1. The van der Waals surface area contributed by atoms with Crippen molar-refractivity contribution in [3.05, 3.63) is 29.6 Å². The van der Waals surface area contributed by atoms with Crippen molar-refractivity contribution in [2.45, 2.75) is 26.4 Å².